The van der Waals surface area contributed by atoms with E-state index in [2.05, 4.69) is 57.0 Å². The van der Waals surface area contributed by atoms with Gasteiger partial charge >= 0.3 is 0 Å². The van der Waals surface area contributed by atoms with Gasteiger partial charge in [0.1, 0.15) is 0 Å². The topological polar surface area (TPSA) is 12.5 Å². The Bertz CT molecular complexity index is 595. The Morgan fingerprint density at radius 3 is 2.80 bits per heavy atom. The molecule has 3 heterocycles. The minimum absolute atomic E-state index is 0.0467. The van der Waals surface area contributed by atoms with Crippen molar-refractivity contribution in [2.24, 2.45) is 35.5 Å². The summed E-state index contributed by atoms with van der Waals surface area (Å²) in [6.07, 6.45) is 17.1. The average Bonchev–Trinajstić information content (AvgIpc) is 3.07. The van der Waals surface area contributed by atoms with E-state index in [0.29, 0.717) is 35.9 Å². The molecule has 0 amide bonds. The zero-order valence-corrected chi connectivity index (χ0v) is 16.4. The van der Waals surface area contributed by atoms with E-state index in [4.69, 9.17) is 4.74 Å². The van der Waals surface area contributed by atoms with E-state index in [1.807, 2.05) is 0 Å². The van der Waals surface area contributed by atoms with Crippen LogP contribution >= 0.6 is 0 Å². The molecule has 2 saturated heterocycles. The molecule has 0 aromatic carbocycles. The van der Waals surface area contributed by atoms with Gasteiger partial charge in [0.25, 0.3) is 0 Å². The smallest absolute Gasteiger partial charge is 0.0778 e. The van der Waals surface area contributed by atoms with Crippen LogP contribution in [0.1, 0.15) is 59.8 Å². The van der Waals surface area contributed by atoms with Gasteiger partial charge in [-0.25, -0.2) is 0 Å². The summed E-state index contributed by atoms with van der Waals surface area (Å²) < 4.78 is 7.05. The first-order chi connectivity index (χ1) is 12.0. The molecule has 5 rings (SSSR count). The summed E-state index contributed by atoms with van der Waals surface area (Å²) in [4.78, 5) is 2.67. The second-order valence-corrected chi connectivity index (χ2v) is 9.99. The Kier molecular flexibility index (Phi) is 3.69. The molecule has 9 unspecified atom stereocenters. The zero-order valence-electron chi connectivity index (χ0n) is 16.4. The average molecular weight is 342 g/mol. The maximum absolute atomic E-state index is 7.05. The number of hydrogen-bond acceptors (Lipinski definition) is 2. The SMILES string of the molecule is CC(C)C1CCCC2OC3(C)C(C=CC4C(C)N5C=CCCC5C43)C21. The fraction of sp³-hybridized carbons (Fsp3) is 0.826. The van der Waals surface area contributed by atoms with Crippen molar-refractivity contribution in [3.05, 3.63) is 24.4 Å². The van der Waals surface area contributed by atoms with Crippen LogP contribution in [0.2, 0.25) is 0 Å². The maximum Gasteiger partial charge on any atom is 0.0778 e. The molecule has 5 aliphatic rings. The van der Waals surface area contributed by atoms with E-state index in [9.17, 15) is 0 Å². The molecule has 25 heavy (non-hydrogen) atoms. The van der Waals surface area contributed by atoms with Crippen LogP contribution < -0.4 is 0 Å². The molecule has 2 heteroatoms. The Balaban J connectivity index is 1.55. The van der Waals surface area contributed by atoms with Crippen molar-refractivity contribution >= 4 is 0 Å². The zero-order chi connectivity index (χ0) is 17.3. The van der Waals surface area contributed by atoms with Crippen molar-refractivity contribution < 1.29 is 4.74 Å². The van der Waals surface area contributed by atoms with Gasteiger partial charge in [0.2, 0.25) is 0 Å². The monoisotopic (exact) mass is 341 g/mol. The molecule has 1 saturated carbocycles. The standard InChI is InChI=1S/C23H35NO/c1-14(2)16-8-7-10-20-21(16)18-12-11-17-15(3)24-13-6-5-9-19(24)22(17)23(18,4)25-20/h6,11-22H,5,7-10H2,1-4H3. The summed E-state index contributed by atoms with van der Waals surface area (Å²) in [5, 5.41) is 0. The van der Waals surface area contributed by atoms with E-state index in [1.54, 1.807) is 0 Å². The lowest BCUT2D eigenvalue weighted by molar-refractivity contribution is -0.102. The normalized spacial score (nSPS) is 53.6. The van der Waals surface area contributed by atoms with E-state index >= 15 is 0 Å². The van der Waals surface area contributed by atoms with E-state index in [1.165, 1.54) is 32.1 Å². The highest BCUT2D eigenvalue weighted by Crippen LogP contribution is 2.61. The fourth-order valence-corrected chi connectivity index (χ4v) is 7.61. The van der Waals surface area contributed by atoms with Crippen LogP contribution in [0, 0.1) is 35.5 Å². The molecule has 3 fully saturated rings. The van der Waals surface area contributed by atoms with Gasteiger partial charge < -0.3 is 9.64 Å². The number of nitrogens with zero attached hydrogens (tertiary/aromatic N) is 1. The summed E-state index contributed by atoms with van der Waals surface area (Å²) in [5.41, 5.74) is 0.0467. The van der Waals surface area contributed by atoms with Crippen molar-refractivity contribution in [3.63, 3.8) is 0 Å². The van der Waals surface area contributed by atoms with Gasteiger partial charge in [-0.05, 0) is 63.5 Å². The van der Waals surface area contributed by atoms with Gasteiger partial charge in [-0.3, -0.25) is 0 Å². The molecule has 0 N–H and O–H groups in total. The predicted molar refractivity (Wildman–Crippen MR) is 102 cm³/mol. The van der Waals surface area contributed by atoms with E-state index in [0.717, 1.165) is 17.8 Å². The van der Waals surface area contributed by atoms with Gasteiger partial charge in [0.15, 0.2) is 0 Å². The Labute approximate surface area is 153 Å². The van der Waals surface area contributed by atoms with Crippen LogP contribution in [0.25, 0.3) is 0 Å². The molecule has 0 spiro atoms. The van der Waals surface area contributed by atoms with Crippen LogP contribution in [0.15, 0.2) is 24.4 Å². The number of fused-ring (bicyclic) bond motifs is 7. The first kappa shape index (κ1) is 16.4. The van der Waals surface area contributed by atoms with Crippen LogP contribution in [0.3, 0.4) is 0 Å². The summed E-state index contributed by atoms with van der Waals surface area (Å²) >= 11 is 0. The van der Waals surface area contributed by atoms with Gasteiger partial charge in [-0.1, -0.05) is 38.5 Å². The molecular formula is C23H35NO. The molecule has 2 aliphatic carbocycles. The third-order valence-electron chi connectivity index (χ3n) is 8.64. The van der Waals surface area contributed by atoms with Crippen molar-refractivity contribution in [1.82, 2.24) is 4.90 Å². The first-order valence-electron chi connectivity index (χ1n) is 10.8. The molecule has 0 radical (unpaired) electrons. The second-order valence-electron chi connectivity index (χ2n) is 9.99. The second kappa shape index (κ2) is 5.62. The number of allylic oxidation sites excluding steroid dienone is 1. The molecule has 0 aromatic heterocycles. The summed E-state index contributed by atoms with van der Waals surface area (Å²) in [6.45, 7) is 9.79. The summed E-state index contributed by atoms with van der Waals surface area (Å²) in [7, 11) is 0. The number of hydrogen-bond donors (Lipinski definition) is 0. The first-order valence-corrected chi connectivity index (χ1v) is 10.8. The fourth-order valence-electron chi connectivity index (χ4n) is 7.61. The van der Waals surface area contributed by atoms with Crippen molar-refractivity contribution in [3.8, 4) is 0 Å². The van der Waals surface area contributed by atoms with Crippen LogP contribution in [-0.4, -0.2) is 28.7 Å². The predicted octanol–water partition coefficient (Wildman–Crippen LogP) is 5.01. The van der Waals surface area contributed by atoms with Crippen LogP contribution in [-0.2, 0) is 4.74 Å². The molecule has 138 valence electrons. The summed E-state index contributed by atoms with van der Waals surface area (Å²) in [6, 6.07) is 1.30. The van der Waals surface area contributed by atoms with Crippen LogP contribution in [0.4, 0.5) is 0 Å². The highest BCUT2D eigenvalue weighted by Gasteiger charge is 2.64. The largest absolute Gasteiger partial charge is 0.371 e. The summed E-state index contributed by atoms with van der Waals surface area (Å²) in [5.74, 6) is 4.32. The molecule has 9 atom stereocenters. The maximum atomic E-state index is 7.05. The lowest BCUT2D eigenvalue weighted by Crippen LogP contribution is -2.50. The molecule has 3 aliphatic heterocycles. The highest BCUT2D eigenvalue weighted by atomic mass is 16.5. The Morgan fingerprint density at radius 1 is 1.16 bits per heavy atom. The van der Waals surface area contributed by atoms with Gasteiger partial charge in [0, 0.05) is 29.8 Å². The Hall–Kier alpha value is -0.760. The molecule has 0 bridgehead atoms. The van der Waals surface area contributed by atoms with E-state index in [-0.39, 0.29) is 5.60 Å². The molecule has 2 nitrogen and oxygen atoms in total. The van der Waals surface area contributed by atoms with Crippen molar-refractivity contribution in [1.29, 1.82) is 0 Å². The van der Waals surface area contributed by atoms with Gasteiger partial charge in [-0.15, -0.1) is 0 Å². The minimum Gasteiger partial charge on any atom is -0.371 e. The minimum atomic E-state index is 0.0467. The molecular weight excluding hydrogens is 306 g/mol. The molecule has 0 aromatic rings. The third-order valence-corrected chi connectivity index (χ3v) is 8.64. The number of ether oxygens (including phenoxy) is 1. The highest BCUT2D eigenvalue weighted by molar-refractivity contribution is 5.25. The Morgan fingerprint density at radius 2 is 2.00 bits per heavy atom. The van der Waals surface area contributed by atoms with Crippen molar-refractivity contribution in [2.45, 2.75) is 83.6 Å². The lowest BCUT2D eigenvalue weighted by atomic mass is 9.59. The third kappa shape index (κ3) is 2.13. The van der Waals surface area contributed by atoms with Gasteiger partial charge in [0.05, 0.1) is 11.7 Å². The van der Waals surface area contributed by atoms with Gasteiger partial charge in [-0.2, -0.15) is 0 Å². The lowest BCUT2D eigenvalue weighted by Gasteiger charge is -2.45. The van der Waals surface area contributed by atoms with Crippen molar-refractivity contribution in [2.75, 3.05) is 0 Å². The van der Waals surface area contributed by atoms with E-state index < -0.39 is 0 Å². The van der Waals surface area contributed by atoms with Crippen LogP contribution in [0.5, 0.6) is 0 Å². The number of rotatable bonds is 1. The quantitative estimate of drug-likeness (QED) is 0.621.